The Balaban J connectivity index is 2.12. The van der Waals surface area contributed by atoms with Crippen molar-refractivity contribution in [2.75, 3.05) is 14.2 Å². The van der Waals surface area contributed by atoms with Gasteiger partial charge in [0.25, 0.3) is 11.6 Å². The van der Waals surface area contributed by atoms with Gasteiger partial charge in [-0.1, -0.05) is 0 Å². The summed E-state index contributed by atoms with van der Waals surface area (Å²) in [5.74, 6) is -2.29. The van der Waals surface area contributed by atoms with Crippen LogP contribution in [0.4, 0.5) is 14.5 Å². The number of benzene rings is 1. The highest BCUT2D eigenvalue weighted by Crippen LogP contribution is 2.38. The number of fused-ring (bicyclic) bond motifs is 1. The van der Waals surface area contributed by atoms with Crippen LogP contribution in [0, 0.1) is 21.7 Å². The van der Waals surface area contributed by atoms with E-state index in [-0.39, 0.29) is 16.9 Å². The monoisotopic (exact) mass is 363 g/mol. The molecule has 3 aromatic rings. The number of nitro groups is 1. The molecule has 3 rings (SSSR count). The van der Waals surface area contributed by atoms with E-state index in [1.165, 1.54) is 26.4 Å². The van der Waals surface area contributed by atoms with Crippen LogP contribution in [0.25, 0.3) is 10.9 Å². The Labute approximate surface area is 145 Å². The van der Waals surface area contributed by atoms with E-state index >= 15 is 0 Å². The molecule has 0 N–H and O–H groups in total. The number of ether oxygens (including phenoxy) is 3. The molecule has 1 aromatic carbocycles. The molecule has 0 aliphatic rings. The Bertz CT molecular complexity index is 1010. The van der Waals surface area contributed by atoms with Crippen LogP contribution in [0.2, 0.25) is 0 Å². The number of pyridine rings is 2. The second-order valence-electron chi connectivity index (χ2n) is 5.00. The fraction of sp³-hybridized carbons (Fsp3) is 0.125. The van der Waals surface area contributed by atoms with Crippen molar-refractivity contribution in [2.45, 2.75) is 0 Å². The average molecular weight is 363 g/mol. The van der Waals surface area contributed by atoms with Gasteiger partial charge in [0.15, 0.2) is 28.9 Å². The van der Waals surface area contributed by atoms with Gasteiger partial charge in [0.1, 0.15) is 6.20 Å². The van der Waals surface area contributed by atoms with Crippen LogP contribution >= 0.6 is 0 Å². The maximum Gasteiger partial charge on any atom is 0.290 e. The number of methoxy groups -OCH3 is 2. The molecular weight excluding hydrogens is 352 g/mol. The van der Waals surface area contributed by atoms with E-state index in [2.05, 4.69) is 9.97 Å². The van der Waals surface area contributed by atoms with Crippen molar-refractivity contribution in [3.8, 4) is 23.1 Å². The van der Waals surface area contributed by atoms with Crippen molar-refractivity contribution in [3.05, 3.63) is 52.3 Å². The van der Waals surface area contributed by atoms with Crippen LogP contribution in [0.3, 0.4) is 0 Å². The normalized spacial score (nSPS) is 10.6. The number of aromatic nitrogens is 2. The highest BCUT2D eigenvalue weighted by Gasteiger charge is 2.19. The molecule has 0 radical (unpaired) electrons. The number of nitrogens with zero attached hydrogens (tertiary/aromatic N) is 3. The second kappa shape index (κ2) is 6.75. The quantitative estimate of drug-likeness (QED) is 0.504. The van der Waals surface area contributed by atoms with Gasteiger partial charge in [-0.05, 0) is 6.07 Å². The highest BCUT2D eigenvalue weighted by atomic mass is 19.1. The Hall–Kier alpha value is -3.56. The first-order valence-electron chi connectivity index (χ1n) is 7.12. The summed E-state index contributed by atoms with van der Waals surface area (Å²) >= 11 is 0. The van der Waals surface area contributed by atoms with Crippen LogP contribution in [0.5, 0.6) is 23.1 Å². The predicted octanol–water partition coefficient (Wildman–Crippen LogP) is 3.63. The van der Waals surface area contributed by atoms with Crippen molar-refractivity contribution >= 4 is 16.6 Å². The molecular formula is C16H11F2N3O5. The van der Waals surface area contributed by atoms with E-state index < -0.39 is 28.1 Å². The lowest BCUT2D eigenvalue weighted by atomic mass is 10.1. The molecule has 2 heterocycles. The van der Waals surface area contributed by atoms with Gasteiger partial charge in [0.05, 0.1) is 42.3 Å². The Morgan fingerprint density at radius 2 is 1.69 bits per heavy atom. The predicted molar refractivity (Wildman–Crippen MR) is 85.7 cm³/mol. The lowest BCUT2D eigenvalue weighted by molar-refractivity contribution is -0.385. The zero-order chi connectivity index (χ0) is 18.8. The molecule has 8 nitrogen and oxygen atoms in total. The zero-order valence-electron chi connectivity index (χ0n) is 13.5. The first kappa shape index (κ1) is 17.3. The lowest BCUT2D eigenvalue weighted by Crippen LogP contribution is -1.99. The van der Waals surface area contributed by atoms with E-state index in [9.17, 15) is 18.9 Å². The molecule has 134 valence electrons. The number of hydrogen-bond donors (Lipinski definition) is 0. The number of rotatable bonds is 5. The molecule has 0 aliphatic heterocycles. The average Bonchev–Trinajstić information content (AvgIpc) is 2.64. The minimum atomic E-state index is -1.11. The van der Waals surface area contributed by atoms with Crippen LogP contribution in [0.15, 0.2) is 30.6 Å². The largest absolute Gasteiger partial charge is 0.493 e. The summed E-state index contributed by atoms with van der Waals surface area (Å²) in [5, 5.41) is 10.8. The fourth-order valence-corrected chi connectivity index (χ4v) is 2.26. The molecule has 10 heteroatoms. The molecule has 0 saturated heterocycles. The van der Waals surface area contributed by atoms with E-state index in [0.29, 0.717) is 17.3 Å². The van der Waals surface area contributed by atoms with Crippen molar-refractivity contribution in [1.29, 1.82) is 0 Å². The Kier molecular flexibility index (Phi) is 4.48. The van der Waals surface area contributed by atoms with Gasteiger partial charge in [-0.25, -0.2) is 13.8 Å². The molecule has 0 unspecified atom stereocenters. The summed E-state index contributed by atoms with van der Waals surface area (Å²) in [7, 11) is 2.83. The maximum absolute atomic E-state index is 14.2. The smallest absolute Gasteiger partial charge is 0.290 e. The first-order chi connectivity index (χ1) is 12.4. The summed E-state index contributed by atoms with van der Waals surface area (Å²) in [6, 6.07) is 3.55. The van der Waals surface area contributed by atoms with Gasteiger partial charge in [0.2, 0.25) is 0 Å². The molecule has 0 aliphatic carbocycles. The van der Waals surface area contributed by atoms with E-state index in [0.717, 1.165) is 12.4 Å². The van der Waals surface area contributed by atoms with E-state index in [4.69, 9.17) is 14.2 Å². The minimum absolute atomic E-state index is 0.183. The molecule has 0 saturated carbocycles. The molecule has 0 bridgehead atoms. The van der Waals surface area contributed by atoms with E-state index in [1.807, 2.05) is 0 Å². The van der Waals surface area contributed by atoms with Crippen molar-refractivity contribution in [2.24, 2.45) is 0 Å². The number of hydrogen-bond acceptors (Lipinski definition) is 7. The molecule has 0 spiro atoms. The zero-order valence-corrected chi connectivity index (χ0v) is 13.5. The van der Waals surface area contributed by atoms with Crippen LogP contribution < -0.4 is 14.2 Å². The van der Waals surface area contributed by atoms with Crippen LogP contribution in [0.1, 0.15) is 0 Å². The van der Waals surface area contributed by atoms with Gasteiger partial charge >= 0.3 is 0 Å². The summed E-state index contributed by atoms with van der Waals surface area (Å²) < 4.78 is 43.8. The third-order valence-corrected chi connectivity index (χ3v) is 3.48. The molecule has 2 aromatic heterocycles. The van der Waals surface area contributed by atoms with Crippen LogP contribution in [-0.4, -0.2) is 29.1 Å². The van der Waals surface area contributed by atoms with Gasteiger partial charge in [-0.2, -0.15) is 0 Å². The first-order valence-corrected chi connectivity index (χ1v) is 7.12. The minimum Gasteiger partial charge on any atom is -0.493 e. The van der Waals surface area contributed by atoms with Crippen molar-refractivity contribution in [3.63, 3.8) is 0 Å². The molecule has 26 heavy (non-hydrogen) atoms. The van der Waals surface area contributed by atoms with Crippen molar-refractivity contribution in [1.82, 2.24) is 9.97 Å². The van der Waals surface area contributed by atoms with Crippen LogP contribution in [-0.2, 0) is 0 Å². The van der Waals surface area contributed by atoms with Gasteiger partial charge in [-0.3, -0.25) is 15.1 Å². The molecule has 0 amide bonds. The van der Waals surface area contributed by atoms with E-state index in [1.54, 1.807) is 0 Å². The summed E-state index contributed by atoms with van der Waals surface area (Å²) in [4.78, 5) is 17.3. The summed E-state index contributed by atoms with van der Waals surface area (Å²) in [5.41, 5.74) is -0.248. The topological polar surface area (TPSA) is 96.6 Å². The van der Waals surface area contributed by atoms with Crippen molar-refractivity contribution < 1.29 is 27.9 Å². The SMILES string of the molecule is COc1cc2ncc(F)c(Oc3ncc([N+](=O)[O-])cc3F)c2cc1OC. The third-order valence-electron chi connectivity index (χ3n) is 3.48. The Morgan fingerprint density at radius 3 is 2.31 bits per heavy atom. The Morgan fingerprint density at radius 1 is 1.00 bits per heavy atom. The maximum atomic E-state index is 14.2. The second-order valence-corrected chi connectivity index (χ2v) is 5.00. The standard InChI is InChI=1S/C16H11F2N3O5/c1-24-13-4-9-12(5-14(13)25-2)19-7-11(18)15(9)26-16-10(17)3-8(6-20-16)21(22)23/h3-7H,1-2H3. The highest BCUT2D eigenvalue weighted by molar-refractivity contribution is 5.88. The van der Waals surface area contributed by atoms with Gasteiger partial charge in [-0.15, -0.1) is 0 Å². The summed E-state index contributed by atoms with van der Waals surface area (Å²) in [6.07, 6.45) is 1.70. The van der Waals surface area contributed by atoms with Gasteiger partial charge in [0, 0.05) is 6.07 Å². The fourth-order valence-electron chi connectivity index (χ4n) is 2.26. The van der Waals surface area contributed by atoms with Gasteiger partial charge < -0.3 is 14.2 Å². The molecule has 0 atom stereocenters. The third kappa shape index (κ3) is 3.04. The summed E-state index contributed by atoms with van der Waals surface area (Å²) in [6.45, 7) is 0. The number of halogens is 2. The lowest BCUT2D eigenvalue weighted by Gasteiger charge is -2.12. The molecule has 0 fully saturated rings.